The van der Waals surface area contributed by atoms with Crippen LogP contribution in [-0.4, -0.2) is 50.0 Å². The number of anilines is 1. The Morgan fingerprint density at radius 1 is 0.929 bits per heavy atom. The monoisotopic (exact) mass is 609 g/mol. The zero-order valence-electron chi connectivity index (χ0n) is 24.3. The second kappa shape index (κ2) is 14.7. The third-order valence-electron chi connectivity index (χ3n) is 7.79. The molecule has 0 aliphatic heterocycles. The SMILES string of the molecule is CCc1ccccc1N(CC(=O)N(Cc1cccc(Cl)c1)[C@H](Cc1ccccc1)C(=O)NC1CCCCC1)S(C)(=O)=O. The van der Waals surface area contributed by atoms with Gasteiger partial charge in [-0.05, 0) is 54.2 Å². The van der Waals surface area contributed by atoms with Crippen molar-refractivity contribution in [2.45, 2.75) is 70.5 Å². The smallest absolute Gasteiger partial charge is 0.244 e. The number of para-hydroxylation sites is 1. The van der Waals surface area contributed by atoms with Crippen LogP contribution in [0.25, 0.3) is 0 Å². The first-order chi connectivity index (χ1) is 20.2. The summed E-state index contributed by atoms with van der Waals surface area (Å²) in [4.78, 5) is 29.8. The molecule has 1 fully saturated rings. The fraction of sp³-hybridized carbons (Fsp3) is 0.394. The number of hydrogen-bond acceptors (Lipinski definition) is 4. The summed E-state index contributed by atoms with van der Waals surface area (Å²) in [6.45, 7) is 1.61. The predicted octanol–water partition coefficient (Wildman–Crippen LogP) is 5.76. The number of sulfonamides is 1. The highest BCUT2D eigenvalue weighted by atomic mass is 35.5. The number of hydrogen-bond donors (Lipinski definition) is 1. The Morgan fingerprint density at radius 3 is 2.26 bits per heavy atom. The van der Waals surface area contributed by atoms with Gasteiger partial charge >= 0.3 is 0 Å². The lowest BCUT2D eigenvalue weighted by molar-refractivity contribution is -0.140. The number of benzene rings is 3. The van der Waals surface area contributed by atoms with Crippen molar-refractivity contribution in [3.05, 3.63) is 101 Å². The first-order valence-electron chi connectivity index (χ1n) is 14.6. The largest absolute Gasteiger partial charge is 0.352 e. The van der Waals surface area contributed by atoms with E-state index in [0.717, 1.165) is 59.4 Å². The summed E-state index contributed by atoms with van der Waals surface area (Å²) in [6.07, 6.45) is 7.06. The summed E-state index contributed by atoms with van der Waals surface area (Å²) in [7, 11) is -3.82. The summed E-state index contributed by atoms with van der Waals surface area (Å²) in [5, 5.41) is 3.73. The number of rotatable bonds is 12. The molecule has 0 saturated heterocycles. The summed E-state index contributed by atoms with van der Waals surface area (Å²) >= 11 is 6.30. The standard InChI is InChI=1S/C33H40ClN3O4S/c1-3-27-16-10-11-20-30(27)37(42(2,40)41)24-32(38)36(23-26-15-12-17-28(34)21-26)31(22-25-13-6-4-7-14-25)33(39)35-29-18-8-5-9-19-29/h4,6-7,10-17,20-21,29,31H,3,5,8-9,18-19,22-24H2,1-2H3,(H,35,39)/t31-/m1/s1. The van der Waals surface area contributed by atoms with E-state index in [0.29, 0.717) is 17.1 Å². The Kier molecular flexibility index (Phi) is 11.0. The van der Waals surface area contributed by atoms with Gasteiger partial charge in [0.05, 0.1) is 11.9 Å². The van der Waals surface area contributed by atoms with Gasteiger partial charge in [-0.3, -0.25) is 13.9 Å². The van der Waals surface area contributed by atoms with Crippen LogP contribution in [-0.2, 0) is 39.0 Å². The molecule has 42 heavy (non-hydrogen) atoms. The molecular weight excluding hydrogens is 570 g/mol. The van der Waals surface area contributed by atoms with Crippen molar-refractivity contribution in [3.8, 4) is 0 Å². The maximum Gasteiger partial charge on any atom is 0.244 e. The minimum atomic E-state index is -3.82. The highest BCUT2D eigenvalue weighted by Gasteiger charge is 2.34. The molecule has 224 valence electrons. The lowest BCUT2D eigenvalue weighted by atomic mass is 9.94. The number of nitrogens with one attached hydrogen (secondary N) is 1. The molecule has 0 unspecified atom stereocenters. The Bertz CT molecular complexity index is 1460. The van der Waals surface area contributed by atoms with Crippen LogP contribution in [0.15, 0.2) is 78.9 Å². The molecule has 3 aromatic rings. The third kappa shape index (κ3) is 8.58. The van der Waals surface area contributed by atoms with Gasteiger partial charge in [0.25, 0.3) is 0 Å². The topological polar surface area (TPSA) is 86.8 Å². The molecule has 7 nitrogen and oxygen atoms in total. The number of aryl methyl sites for hydroxylation is 1. The molecule has 1 aliphatic rings. The number of nitrogens with zero attached hydrogens (tertiary/aromatic N) is 2. The van der Waals surface area contributed by atoms with Crippen LogP contribution in [0.1, 0.15) is 55.7 Å². The molecule has 0 aromatic heterocycles. The van der Waals surface area contributed by atoms with Gasteiger partial charge in [0.2, 0.25) is 21.8 Å². The normalized spacial score (nSPS) is 14.6. The van der Waals surface area contributed by atoms with E-state index in [2.05, 4.69) is 5.32 Å². The van der Waals surface area contributed by atoms with Crippen LogP contribution >= 0.6 is 11.6 Å². The molecule has 0 spiro atoms. The molecule has 1 saturated carbocycles. The molecular formula is C33H40ClN3O4S. The summed E-state index contributed by atoms with van der Waals surface area (Å²) in [6, 6.07) is 23.1. The van der Waals surface area contributed by atoms with E-state index < -0.39 is 28.5 Å². The van der Waals surface area contributed by atoms with Gasteiger partial charge in [-0.25, -0.2) is 8.42 Å². The first-order valence-corrected chi connectivity index (χ1v) is 16.8. The van der Waals surface area contributed by atoms with Gasteiger partial charge in [-0.1, -0.05) is 98.5 Å². The molecule has 2 amide bonds. The maximum absolute atomic E-state index is 14.3. The second-order valence-electron chi connectivity index (χ2n) is 11.0. The van der Waals surface area contributed by atoms with Crippen LogP contribution < -0.4 is 9.62 Å². The van der Waals surface area contributed by atoms with E-state index in [-0.39, 0.29) is 24.9 Å². The van der Waals surface area contributed by atoms with Gasteiger partial charge in [0, 0.05) is 24.0 Å². The molecule has 0 bridgehead atoms. The Morgan fingerprint density at radius 2 is 1.60 bits per heavy atom. The van der Waals surface area contributed by atoms with Crippen LogP contribution in [0.2, 0.25) is 5.02 Å². The van der Waals surface area contributed by atoms with Crippen molar-refractivity contribution in [3.63, 3.8) is 0 Å². The lowest BCUT2D eigenvalue weighted by Gasteiger charge is -2.35. The molecule has 9 heteroatoms. The Hall–Kier alpha value is -3.36. The minimum absolute atomic E-state index is 0.0524. The van der Waals surface area contributed by atoms with E-state index in [1.54, 1.807) is 30.3 Å². The third-order valence-corrected chi connectivity index (χ3v) is 9.15. The molecule has 0 radical (unpaired) electrons. The fourth-order valence-corrected chi connectivity index (χ4v) is 6.67. The fourth-order valence-electron chi connectivity index (χ4n) is 5.58. The zero-order valence-corrected chi connectivity index (χ0v) is 25.9. The number of carbonyl (C=O) groups is 2. The minimum Gasteiger partial charge on any atom is -0.352 e. The second-order valence-corrected chi connectivity index (χ2v) is 13.3. The van der Waals surface area contributed by atoms with Crippen LogP contribution in [0, 0.1) is 0 Å². The molecule has 1 aliphatic carbocycles. The first kappa shape index (κ1) is 31.6. The highest BCUT2D eigenvalue weighted by Crippen LogP contribution is 2.25. The van der Waals surface area contributed by atoms with Crippen molar-refractivity contribution >= 4 is 39.1 Å². The average Bonchev–Trinajstić information content (AvgIpc) is 2.98. The number of amides is 2. The van der Waals surface area contributed by atoms with Crippen LogP contribution in [0.5, 0.6) is 0 Å². The van der Waals surface area contributed by atoms with E-state index in [9.17, 15) is 18.0 Å². The molecule has 0 heterocycles. The highest BCUT2D eigenvalue weighted by molar-refractivity contribution is 7.92. The molecule has 1 atom stereocenters. The van der Waals surface area contributed by atoms with E-state index in [1.807, 2.05) is 55.5 Å². The van der Waals surface area contributed by atoms with Crippen LogP contribution in [0.4, 0.5) is 5.69 Å². The quantitative estimate of drug-likeness (QED) is 0.283. The van der Waals surface area contributed by atoms with E-state index >= 15 is 0 Å². The summed E-state index contributed by atoms with van der Waals surface area (Å²) < 4.78 is 27.3. The predicted molar refractivity (Wildman–Crippen MR) is 169 cm³/mol. The van der Waals surface area contributed by atoms with Gasteiger partial charge in [0.1, 0.15) is 12.6 Å². The molecule has 4 rings (SSSR count). The number of halogens is 1. The van der Waals surface area contributed by atoms with E-state index in [4.69, 9.17) is 11.6 Å². The van der Waals surface area contributed by atoms with Gasteiger partial charge in [-0.15, -0.1) is 0 Å². The Labute approximate surface area is 254 Å². The van der Waals surface area contributed by atoms with Gasteiger partial charge < -0.3 is 10.2 Å². The average molecular weight is 610 g/mol. The number of carbonyl (C=O) groups excluding carboxylic acids is 2. The van der Waals surface area contributed by atoms with Crippen molar-refractivity contribution in [2.75, 3.05) is 17.1 Å². The summed E-state index contributed by atoms with van der Waals surface area (Å²) in [5.74, 6) is -0.702. The van der Waals surface area contributed by atoms with Crippen molar-refractivity contribution in [1.29, 1.82) is 0 Å². The van der Waals surface area contributed by atoms with Crippen molar-refractivity contribution in [1.82, 2.24) is 10.2 Å². The van der Waals surface area contributed by atoms with Crippen LogP contribution in [0.3, 0.4) is 0 Å². The Balaban J connectivity index is 1.74. The molecule has 3 aromatic carbocycles. The van der Waals surface area contributed by atoms with Crippen molar-refractivity contribution in [2.24, 2.45) is 0 Å². The zero-order chi connectivity index (χ0) is 30.1. The summed E-state index contributed by atoms with van der Waals surface area (Å²) in [5.41, 5.74) is 2.93. The van der Waals surface area contributed by atoms with Gasteiger partial charge in [0.15, 0.2) is 0 Å². The van der Waals surface area contributed by atoms with Gasteiger partial charge in [-0.2, -0.15) is 0 Å². The van der Waals surface area contributed by atoms with Crippen molar-refractivity contribution < 1.29 is 18.0 Å². The molecule has 1 N–H and O–H groups in total. The maximum atomic E-state index is 14.3. The van der Waals surface area contributed by atoms with E-state index in [1.165, 1.54) is 4.90 Å². The lowest BCUT2D eigenvalue weighted by Crippen LogP contribution is -2.55.